The van der Waals surface area contributed by atoms with Gasteiger partial charge in [0, 0.05) is 32.0 Å². The molecule has 0 unspecified atom stereocenters. The number of anilines is 1. The number of methoxy groups -OCH3 is 1. The van der Waals surface area contributed by atoms with E-state index in [1.807, 2.05) is 0 Å². The van der Waals surface area contributed by atoms with Gasteiger partial charge in [-0.3, -0.25) is 4.79 Å². The van der Waals surface area contributed by atoms with E-state index in [9.17, 15) is 4.79 Å². The minimum absolute atomic E-state index is 0.105. The van der Waals surface area contributed by atoms with Gasteiger partial charge in [-0.1, -0.05) is 13.8 Å². The highest BCUT2D eigenvalue weighted by Gasteiger charge is 2.06. The highest BCUT2D eigenvalue weighted by Crippen LogP contribution is 2.08. The number of rotatable bonds is 8. The van der Waals surface area contributed by atoms with E-state index in [-0.39, 0.29) is 5.91 Å². The molecule has 2 N–H and O–H groups in total. The quantitative estimate of drug-likeness (QED) is 0.705. The van der Waals surface area contributed by atoms with Crippen LogP contribution in [0.3, 0.4) is 0 Å². The van der Waals surface area contributed by atoms with Crippen molar-refractivity contribution in [3.05, 3.63) is 23.9 Å². The number of nitrogens with zero attached hydrogens (tertiary/aromatic N) is 1. The van der Waals surface area contributed by atoms with Gasteiger partial charge in [0.1, 0.15) is 5.82 Å². The van der Waals surface area contributed by atoms with Crippen molar-refractivity contribution in [2.75, 3.05) is 32.1 Å². The molecule has 0 saturated heterocycles. The topological polar surface area (TPSA) is 63.2 Å². The van der Waals surface area contributed by atoms with Crippen LogP contribution in [0.15, 0.2) is 18.3 Å². The van der Waals surface area contributed by atoms with Gasteiger partial charge in [-0.15, -0.1) is 0 Å². The maximum Gasteiger partial charge on any atom is 0.251 e. The first kappa shape index (κ1) is 15.4. The van der Waals surface area contributed by atoms with Crippen LogP contribution in [-0.2, 0) is 4.74 Å². The van der Waals surface area contributed by atoms with Gasteiger partial charge in [0.25, 0.3) is 5.91 Å². The van der Waals surface area contributed by atoms with Crippen molar-refractivity contribution < 1.29 is 9.53 Å². The Morgan fingerprint density at radius 1 is 1.42 bits per heavy atom. The van der Waals surface area contributed by atoms with Crippen LogP contribution in [0.1, 0.15) is 30.6 Å². The summed E-state index contributed by atoms with van der Waals surface area (Å²) in [4.78, 5) is 16.0. The molecule has 0 aliphatic rings. The molecule has 1 aromatic rings. The molecule has 0 aromatic carbocycles. The van der Waals surface area contributed by atoms with E-state index in [0.717, 1.165) is 18.8 Å². The van der Waals surface area contributed by atoms with Crippen LogP contribution >= 0.6 is 0 Å². The van der Waals surface area contributed by atoms with E-state index < -0.39 is 0 Å². The van der Waals surface area contributed by atoms with Gasteiger partial charge in [0.05, 0.1) is 6.61 Å². The number of aromatic nitrogens is 1. The number of hydrogen-bond donors (Lipinski definition) is 2. The number of pyridine rings is 1. The number of amides is 1. The predicted molar refractivity (Wildman–Crippen MR) is 76.4 cm³/mol. The maximum atomic E-state index is 11.8. The summed E-state index contributed by atoms with van der Waals surface area (Å²) in [5.74, 6) is 1.28. The van der Waals surface area contributed by atoms with Gasteiger partial charge in [-0.2, -0.15) is 0 Å². The second-order valence-electron chi connectivity index (χ2n) is 4.79. The van der Waals surface area contributed by atoms with Crippen LogP contribution in [-0.4, -0.2) is 37.7 Å². The SMILES string of the molecule is COCCNC(=O)c1ccnc(NCCC(C)C)c1. The molecule has 0 bridgehead atoms. The summed E-state index contributed by atoms with van der Waals surface area (Å²) in [6.07, 6.45) is 2.72. The average molecular weight is 265 g/mol. The van der Waals surface area contributed by atoms with Crippen molar-refractivity contribution in [1.82, 2.24) is 10.3 Å². The average Bonchev–Trinajstić information content (AvgIpc) is 2.39. The lowest BCUT2D eigenvalue weighted by atomic mass is 10.1. The molecule has 5 nitrogen and oxygen atoms in total. The molecule has 106 valence electrons. The monoisotopic (exact) mass is 265 g/mol. The van der Waals surface area contributed by atoms with Crippen molar-refractivity contribution in [2.24, 2.45) is 5.92 Å². The van der Waals surface area contributed by atoms with Crippen LogP contribution in [0, 0.1) is 5.92 Å². The first-order valence-corrected chi connectivity index (χ1v) is 6.60. The molecule has 0 radical (unpaired) electrons. The lowest BCUT2D eigenvalue weighted by Crippen LogP contribution is -2.27. The van der Waals surface area contributed by atoms with E-state index >= 15 is 0 Å². The fraction of sp³-hybridized carbons (Fsp3) is 0.571. The molecule has 5 heteroatoms. The van der Waals surface area contributed by atoms with Gasteiger partial charge in [0.2, 0.25) is 0 Å². The Balaban J connectivity index is 2.48. The fourth-order valence-electron chi connectivity index (χ4n) is 1.53. The van der Waals surface area contributed by atoms with Crippen molar-refractivity contribution in [3.8, 4) is 0 Å². The van der Waals surface area contributed by atoms with Gasteiger partial charge < -0.3 is 15.4 Å². The fourth-order valence-corrected chi connectivity index (χ4v) is 1.53. The summed E-state index contributed by atoms with van der Waals surface area (Å²) < 4.78 is 4.89. The summed E-state index contributed by atoms with van der Waals surface area (Å²) in [6, 6.07) is 3.47. The normalized spacial score (nSPS) is 10.5. The molecule has 1 aromatic heterocycles. The smallest absolute Gasteiger partial charge is 0.251 e. The lowest BCUT2D eigenvalue weighted by molar-refractivity contribution is 0.0937. The first-order chi connectivity index (χ1) is 9.13. The van der Waals surface area contributed by atoms with Crippen LogP contribution in [0.4, 0.5) is 5.82 Å². The number of ether oxygens (including phenoxy) is 1. The Bertz CT molecular complexity index is 394. The van der Waals surface area contributed by atoms with Crippen LogP contribution in [0.5, 0.6) is 0 Å². The molecular formula is C14H23N3O2. The molecule has 1 rings (SSSR count). The van der Waals surface area contributed by atoms with Crippen LogP contribution < -0.4 is 10.6 Å². The Morgan fingerprint density at radius 2 is 2.21 bits per heavy atom. The third kappa shape index (κ3) is 6.20. The third-order valence-corrected chi connectivity index (χ3v) is 2.64. The zero-order chi connectivity index (χ0) is 14.1. The first-order valence-electron chi connectivity index (χ1n) is 6.60. The molecule has 0 spiro atoms. The van der Waals surface area contributed by atoms with Gasteiger partial charge in [0.15, 0.2) is 0 Å². The van der Waals surface area contributed by atoms with Crippen molar-refractivity contribution in [3.63, 3.8) is 0 Å². The lowest BCUT2D eigenvalue weighted by Gasteiger charge is -2.09. The highest BCUT2D eigenvalue weighted by molar-refractivity contribution is 5.94. The minimum Gasteiger partial charge on any atom is -0.383 e. The van der Waals surface area contributed by atoms with Gasteiger partial charge >= 0.3 is 0 Å². The standard InChI is InChI=1S/C14H23N3O2/c1-11(2)4-6-15-13-10-12(5-7-16-13)14(18)17-8-9-19-3/h5,7,10-11H,4,6,8-9H2,1-3H3,(H,15,16)(H,17,18). The summed E-state index contributed by atoms with van der Waals surface area (Å²) in [7, 11) is 1.61. The zero-order valence-corrected chi connectivity index (χ0v) is 11.9. The van der Waals surface area contributed by atoms with E-state index in [4.69, 9.17) is 4.74 Å². The second kappa shape index (κ2) is 8.48. The molecule has 0 fully saturated rings. The highest BCUT2D eigenvalue weighted by atomic mass is 16.5. The Kier molecular flexibility index (Phi) is 6.89. The number of hydrogen-bond acceptors (Lipinski definition) is 4. The molecule has 0 atom stereocenters. The third-order valence-electron chi connectivity index (χ3n) is 2.64. The summed E-state index contributed by atoms with van der Waals surface area (Å²) >= 11 is 0. The molecule has 1 heterocycles. The summed E-state index contributed by atoms with van der Waals surface area (Å²) in [5.41, 5.74) is 0.609. The van der Waals surface area contributed by atoms with Crippen LogP contribution in [0.25, 0.3) is 0 Å². The summed E-state index contributed by atoms with van der Waals surface area (Å²) in [5, 5.41) is 6.00. The van der Waals surface area contributed by atoms with Crippen LogP contribution in [0.2, 0.25) is 0 Å². The zero-order valence-electron chi connectivity index (χ0n) is 11.9. The van der Waals surface area contributed by atoms with E-state index in [1.165, 1.54) is 0 Å². The molecule has 0 aliphatic heterocycles. The van der Waals surface area contributed by atoms with Crippen molar-refractivity contribution >= 4 is 11.7 Å². The Hall–Kier alpha value is -1.62. The van der Waals surface area contributed by atoms with E-state index in [2.05, 4.69) is 29.5 Å². The predicted octanol–water partition coefficient (Wildman–Crippen LogP) is 1.92. The minimum atomic E-state index is -0.105. The maximum absolute atomic E-state index is 11.8. The molecule has 0 saturated carbocycles. The molecular weight excluding hydrogens is 242 g/mol. The van der Waals surface area contributed by atoms with Crippen molar-refractivity contribution in [1.29, 1.82) is 0 Å². The Morgan fingerprint density at radius 3 is 2.89 bits per heavy atom. The van der Waals surface area contributed by atoms with E-state index in [0.29, 0.717) is 24.6 Å². The number of nitrogens with one attached hydrogen (secondary N) is 2. The second-order valence-corrected chi connectivity index (χ2v) is 4.79. The van der Waals surface area contributed by atoms with Crippen molar-refractivity contribution in [2.45, 2.75) is 20.3 Å². The van der Waals surface area contributed by atoms with E-state index in [1.54, 1.807) is 25.4 Å². The number of carbonyl (C=O) groups is 1. The molecule has 0 aliphatic carbocycles. The summed E-state index contributed by atoms with van der Waals surface area (Å²) in [6.45, 7) is 6.23. The molecule has 1 amide bonds. The van der Waals surface area contributed by atoms with Gasteiger partial charge in [-0.05, 0) is 24.5 Å². The number of carbonyl (C=O) groups excluding carboxylic acids is 1. The largest absolute Gasteiger partial charge is 0.383 e. The molecule has 19 heavy (non-hydrogen) atoms. The van der Waals surface area contributed by atoms with Gasteiger partial charge in [-0.25, -0.2) is 4.98 Å². The Labute approximate surface area is 114 Å².